The van der Waals surface area contributed by atoms with Crippen molar-refractivity contribution in [1.82, 2.24) is 0 Å². The normalized spacial score (nSPS) is 13.6. The van der Waals surface area contributed by atoms with E-state index in [1.807, 2.05) is 30.3 Å². The number of hydrogen-bond donors (Lipinski definition) is 0. The number of hydrogen-bond acceptors (Lipinski definition) is 7. The highest BCUT2D eigenvalue weighted by Gasteiger charge is 2.29. The van der Waals surface area contributed by atoms with Crippen LogP contribution in [0.1, 0.15) is 26.5 Å². The molecule has 5 aromatic rings. The van der Waals surface area contributed by atoms with Gasteiger partial charge in [0.2, 0.25) is 5.78 Å². The van der Waals surface area contributed by atoms with E-state index in [1.165, 1.54) is 18.4 Å². The molecule has 1 aliphatic rings. The second-order valence-corrected chi connectivity index (χ2v) is 8.04. The van der Waals surface area contributed by atoms with Gasteiger partial charge in [-0.2, -0.15) is 0 Å². The average molecular weight is 478 g/mol. The molecule has 0 spiro atoms. The molecule has 0 atom stereocenters. The van der Waals surface area contributed by atoms with Crippen molar-refractivity contribution in [2.75, 3.05) is 7.11 Å². The molecule has 176 valence electrons. The Bertz CT molecular complexity index is 1640. The number of carbonyl (C=O) groups is 2. The zero-order valence-electron chi connectivity index (χ0n) is 19.0. The van der Waals surface area contributed by atoms with Crippen molar-refractivity contribution in [2.45, 2.75) is 0 Å². The van der Waals surface area contributed by atoms with Gasteiger partial charge in [-0.25, -0.2) is 4.79 Å². The summed E-state index contributed by atoms with van der Waals surface area (Å²) in [7, 11) is 1.55. The molecule has 2 aromatic heterocycles. The molecule has 0 saturated carbocycles. The van der Waals surface area contributed by atoms with Crippen LogP contribution in [0.2, 0.25) is 0 Å². The van der Waals surface area contributed by atoms with Gasteiger partial charge in [0.15, 0.2) is 5.76 Å². The molecule has 0 unspecified atom stereocenters. The molecule has 6 rings (SSSR count). The maximum absolute atomic E-state index is 13.5. The summed E-state index contributed by atoms with van der Waals surface area (Å²) in [6.07, 6.45) is 3.03. The summed E-state index contributed by atoms with van der Waals surface area (Å²) in [5.74, 6) is 1.22. The maximum atomic E-state index is 13.5. The van der Waals surface area contributed by atoms with Gasteiger partial charge in [-0.3, -0.25) is 4.79 Å². The zero-order chi connectivity index (χ0) is 24.6. The molecule has 3 heterocycles. The van der Waals surface area contributed by atoms with Gasteiger partial charge in [0.1, 0.15) is 39.9 Å². The van der Waals surface area contributed by atoms with Crippen LogP contribution in [0.15, 0.2) is 99.7 Å². The Hall–Kier alpha value is -5.04. The van der Waals surface area contributed by atoms with E-state index in [2.05, 4.69) is 0 Å². The van der Waals surface area contributed by atoms with Crippen LogP contribution < -0.4 is 14.2 Å². The molecule has 0 fully saturated rings. The third kappa shape index (κ3) is 3.73. The second-order valence-electron chi connectivity index (χ2n) is 8.04. The van der Waals surface area contributed by atoms with Crippen molar-refractivity contribution in [1.29, 1.82) is 0 Å². The fourth-order valence-corrected chi connectivity index (χ4v) is 4.09. The number of ketones is 1. The number of methoxy groups -OCH3 is 1. The number of fused-ring (bicyclic) bond motifs is 2. The van der Waals surface area contributed by atoms with Gasteiger partial charge in [0, 0.05) is 23.1 Å². The second kappa shape index (κ2) is 8.63. The third-order valence-electron chi connectivity index (χ3n) is 5.80. The summed E-state index contributed by atoms with van der Waals surface area (Å²) in [5, 5.41) is 0.564. The molecule has 0 N–H and O–H groups in total. The summed E-state index contributed by atoms with van der Waals surface area (Å²) in [4.78, 5) is 26.2. The van der Waals surface area contributed by atoms with Crippen molar-refractivity contribution in [2.24, 2.45) is 0 Å². The van der Waals surface area contributed by atoms with Crippen molar-refractivity contribution < 1.29 is 32.6 Å². The van der Waals surface area contributed by atoms with Crippen molar-refractivity contribution >= 4 is 28.8 Å². The highest BCUT2D eigenvalue weighted by atomic mass is 16.5. The monoisotopic (exact) mass is 478 g/mol. The summed E-state index contributed by atoms with van der Waals surface area (Å²) in [6, 6.07) is 22.6. The fourth-order valence-electron chi connectivity index (χ4n) is 4.09. The minimum absolute atomic E-state index is 0.128. The number of esters is 1. The molecule has 0 radical (unpaired) electrons. The van der Waals surface area contributed by atoms with Gasteiger partial charge < -0.3 is 23.0 Å². The van der Waals surface area contributed by atoms with Crippen LogP contribution in [0.3, 0.4) is 0 Å². The molecule has 3 aromatic carbocycles. The summed E-state index contributed by atoms with van der Waals surface area (Å²) in [5.41, 5.74) is 1.90. The highest BCUT2D eigenvalue weighted by molar-refractivity contribution is 6.14. The lowest BCUT2D eigenvalue weighted by molar-refractivity contribution is 0.0736. The number of ether oxygens (including phenoxy) is 3. The number of benzene rings is 3. The average Bonchev–Trinajstić information content (AvgIpc) is 3.62. The number of Topliss-reactive ketones (excluding diaryl/α,β-unsaturated/α-hetero) is 1. The molecule has 0 amide bonds. The van der Waals surface area contributed by atoms with Gasteiger partial charge in [0.05, 0.1) is 18.9 Å². The molecule has 0 saturated heterocycles. The largest absolute Gasteiger partial charge is 0.497 e. The van der Waals surface area contributed by atoms with Crippen molar-refractivity contribution in [3.05, 3.63) is 108 Å². The van der Waals surface area contributed by atoms with Gasteiger partial charge in [-0.05, 0) is 42.5 Å². The maximum Gasteiger partial charge on any atom is 0.348 e. The first kappa shape index (κ1) is 21.5. The number of carbonyl (C=O) groups excluding carboxylic acids is 2. The Kier molecular flexibility index (Phi) is 5.15. The topological polar surface area (TPSA) is 88.1 Å². The molecule has 1 aliphatic heterocycles. The lowest BCUT2D eigenvalue weighted by Crippen LogP contribution is -2.09. The first-order chi connectivity index (χ1) is 17.6. The fraction of sp³-hybridized carbons (Fsp3) is 0.0345. The molecule has 0 bridgehead atoms. The van der Waals surface area contributed by atoms with Crippen LogP contribution in [0.5, 0.6) is 17.2 Å². The summed E-state index contributed by atoms with van der Waals surface area (Å²) >= 11 is 0. The molecule has 7 nitrogen and oxygen atoms in total. The summed E-state index contributed by atoms with van der Waals surface area (Å²) < 4.78 is 28.1. The van der Waals surface area contributed by atoms with Gasteiger partial charge in [-0.1, -0.05) is 30.3 Å². The quantitative estimate of drug-likeness (QED) is 0.161. The number of allylic oxidation sites excluding steroid dienone is 1. The third-order valence-corrected chi connectivity index (χ3v) is 5.80. The summed E-state index contributed by atoms with van der Waals surface area (Å²) in [6.45, 7) is 0. The first-order valence-corrected chi connectivity index (χ1v) is 11.1. The van der Waals surface area contributed by atoms with E-state index >= 15 is 0 Å². The highest BCUT2D eigenvalue weighted by Crippen LogP contribution is 2.38. The molecule has 36 heavy (non-hydrogen) atoms. The van der Waals surface area contributed by atoms with Gasteiger partial charge in [-0.15, -0.1) is 0 Å². The predicted octanol–water partition coefficient (Wildman–Crippen LogP) is 6.54. The lowest BCUT2D eigenvalue weighted by Gasteiger charge is -2.07. The smallest absolute Gasteiger partial charge is 0.348 e. The van der Waals surface area contributed by atoms with Crippen LogP contribution in [0.4, 0.5) is 0 Å². The Morgan fingerprint density at radius 3 is 2.53 bits per heavy atom. The van der Waals surface area contributed by atoms with E-state index in [9.17, 15) is 9.59 Å². The van der Waals surface area contributed by atoms with Crippen LogP contribution in [0, 0.1) is 0 Å². The van der Waals surface area contributed by atoms with Crippen LogP contribution in [-0.4, -0.2) is 18.9 Å². The van der Waals surface area contributed by atoms with E-state index in [-0.39, 0.29) is 22.9 Å². The molecular weight excluding hydrogens is 460 g/mol. The Morgan fingerprint density at radius 1 is 0.917 bits per heavy atom. The van der Waals surface area contributed by atoms with E-state index < -0.39 is 5.97 Å². The van der Waals surface area contributed by atoms with Gasteiger partial charge >= 0.3 is 5.97 Å². The Labute approximate surface area is 205 Å². The standard InChI is InChI=1S/C29H18O7/c1-32-18-10-12-23-22(14-18)26(28(36-23)17-6-3-2-4-7-17)29(31)34-20-9-11-21-24(16-20)35-25(27(21)30)15-19-8-5-13-33-19/h2-16H,1H3/b25-15-. The lowest BCUT2D eigenvalue weighted by atomic mass is 10.1. The van der Waals surface area contributed by atoms with E-state index in [4.69, 9.17) is 23.0 Å². The predicted molar refractivity (Wildman–Crippen MR) is 131 cm³/mol. The zero-order valence-corrected chi connectivity index (χ0v) is 19.0. The molecular formula is C29H18O7. The van der Waals surface area contributed by atoms with Crippen LogP contribution in [-0.2, 0) is 0 Å². The first-order valence-electron chi connectivity index (χ1n) is 11.1. The minimum atomic E-state index is -0.614. The Morgan fingerprint density at radius 2 is 1.75 bits per heavy atom. The Balaban J connectivity index is 1.36. The SMILES string of the molecule is COc1ccc2oc(-c3ccccc3)c(C(=O)Oc3ccc4c(c3)O/C(=C\c3ccco3)C4=O)c2c1. The molecule has 7 heteroatoms. The van der Waals surface area contributed by atoms with Crippen molar-refractivity contribution in [3.63, 3.8) is 0 Å². The minimum Gasteiger partial charge on any atom is -0.497 e. The van der Waals surface area contributed by atoms with E-state index in [1.54, 1.807) is 49.6 Å². The van der Waals surface area contributed by atoms with E-state index in [0.717, 1.165) is 5.56 Å². The van der Waals surface area contributed by atoms with Gasteiger partial charge in [0.25, 0.3) is 0 Å². The van der Waals surface area contributed by atoms with E-state index in [0.29, 0.717) is 39.6 Å². The van der Waals surface area contributed by atoms with Crippen molar-refractivity contribution in [3.8, 4) is 28.6 Å². The van der Waals surface area contributed by atoms with Crippen LogP contribution >= 0.6 is 0 Å². The number of furan rings is 2. The number of rotatable bonds is 5. The molecule has 0 aliphatic carbocycles. The van der Waals surface area contributed by atoms with Crippen LogP contribution in [0.25, 0.3) is 28.4 Å².